The number of hydrogen-bond acceptors (Lipinski definition) is 3. The Labute approximate surface area is 103 Å². The predicted molar refractivity (Wildman–Crippen MR) is 66.0 cm³/mol. The smallest absolute Gasteiger partial charge is 0.257 e. The molecule has 0 atom stereocenters. The fraction of sp³-hybridized carbons (Fsp3) is 0.333. The lowest BCUT2D eigenvalue weighted by atomic mass is 10.1. The topological polar surface area (TPSA) is 38.1 Å². The van der Waals surface area contributed by atoms with Crippen molar-refractivity contribution in [1.82, 2.24) is 14.7 Å². The van der Waals surface area contributed by atoms with Gasteiger partial charge in [0.05, 0.1) is 11.8 Å². The molecule has 88 valence electrons. The van der Waals surface area contributed by atoms with Gasteiger partial charge in [-0.25, -0.2) is 0 Å². The average Bonchev–Trinajstić information content (AvgIpc) is 2.95. The average molecular weight is 247 g/mol. The number of aryl methyl sites for hydroxylation is 1. The van der Waals surface area contributed by atoms with E-state index < -0.39 is 0 Å². The van der Waals surface area contributed by atoms with E-state index in [-0.39, 0.29) is 5.91 Å². The van der Waals surface area contributed by atoms with Gasteiger partial charge < -0.3 is 4.90 Å². The van der Waals surface area contributed by atoms with Crippen molar-refractivity contribution in [2.24, 2.45) is 7.05 Å². The molecule has 1 amide bonds. The van der Waals surface area contributed by atoms with Crippen LogP contribution in [0, 0.1) is 0 Å². The van der Waals surface area contributed by atoms with Crippen molar-refractivity contribution in [3.05, 3.63) is 39.8 Å². The molecular formula is C12H13N3OS. The van der Waals surface area contributed by atoms with Crippen molar-refractivity contribution in [3.8, 4) is 0 Å². The van der Waals surface area contributed by atoms with Gasteiger partial charge in [-0.3, -0.25) is 9.48 Å². The van der Waals surface area contributed by atoms with E-state index in [9.17, 15) is 4.79 Å². The number of rotatable bonds is 1. The molecule has 0 unspecified atom stereocenters. The first-order valence-electron chi connectivity index (χ1n) is 5.57. The van der Waals surface area contributed by atoms with Gasteiger partial charge in [0.2, 0.25) is 0 Å². The second-order valence-corrected chi connectivity index (χ2v) is 5.25. The van der Waals surface area contributed by atoms with Crippen molar-refractivity contribution in [3.63, 3.8) is 0 Å². The standard InChI is InChI=1S/C12H13N3OS/c1-14-7-10(6-13-14)12(16)15-4-2-11-9(8-15)3-5-17-11/h3,5-7H,2,4,8H2,1H3. The number of aromatic nitrogens is 2. The van der Waals surface area contributed by atoms with Crippen molar-refractivity contribution in [2.45, 2.75) is 13.0 Å². The van der Waals surface area contributed by atoms with E-state index in [1.54, 1.807) is 28.4 Å². The van der Waals surface area contributed by atoms with Gasteiger partial charge in [-0.2, -0.15) is 5.10 Å². The molecule has 0 bridgehead atoms. The molecule has 2 aromatic heterocycles. The number of carbonyl (C=O) groups excluding carboxylic acids is 1. The fourth-order valence-electron chi connectivity index (χ4n) is 2.14. The summed E-state index contributed by atoms with van der Waals surface area (Å²) in [6, 6.07) is 2.11. The van der Waals surface area contributed by atoms with Crippen LogP contribution in [0.25, 0.3) is 0 Å². The summed E-state index contributed by atoms with van der Waals surface area (Å²) < 4.78 is 1.66. The van der Waals surface area contributed by atoms with Gasteiger partial charge in [0.1, 0.15) is 0 Å². The van der Waals surface area contributed by atoms with Crippen LogP contribution >= 0.6 is 11.3 Å². The molecule has 3 rings (SSSR count). The lowest BCUT2D eigenvalue weighted by Gasteiger charge is -2.26. The van der Waals surface area contributed by atoms with Crippen LogP contribution in [0.4, 0.5) is 0 Å². The zero-order valence-electron chi connectivity index (χ0n) is 9.59. The van der Waals surface area contributed by atoms with E-state index in [2.05, 4.69) is 16.5 Å². The third-order valence-electron chi connectivity index (χ3n) is 3.05. The van der Waals surface area contributed by atoms with E-state index >= 15 is 0 Å². The number of nitrogens with zero attached hydrogens (tertiary/aromatic N) is 3. The largest absolute Gasteiger partial charge is 0.334 e. The molecule has 4 nitrogen and oxygen atoms in total. The van der Waals surface area contributed by atoms with Crippen molar-refractivity contribution >= 4 is 17.2 Å². The summed E-state index contributed by atoms with van der Waals surface area (Å²) in [6.07, 6.45) is 4.37. The molecule has 0 aromatic carbocycles. The van der Waals surface area contributed by atoms with Crippen LogP contribution in [0.1, 0.15) is 20.8 Å². The van der Waals surface area contributed by atoms with Gasteiger partial charge in [0, 0.05) is 31.2 Å². The quantitative estimate of drug-likeness (QED) is 0.769. The lowest BCUT2D eigenvalue weighted by Crippen LogP contribution is -2.35. The maximum absolute atomic E-state index is 12.2. The Kier molecular flexibility index (Phi) is 2.48. The number of amides is 1. The molecule has 0 saturated carbocycles. The van der Waals surface area contributed by atoms with Crippen molar-refractivity contribution in [2.75, 3.05) is 6.54 Å². The Morgan fingerprint density at radius 1 is 1.53 bits per heavy atom. The Bertz CT molecular complexity index is 558. The molecule has 17 heavy (non-hydrogen) atoms. The van der Waals surface area contributed by atoms with Gasteiger partial charge in [-0.15, -0.1) is 11.3 Å². The van der Waals surface area contributed by atoms with Crippen molar-refractivity contribution < 1.29 is 4.79 Å². The Hall–Kier alpha value is -1.62. The van der Waals surface area contributed by atoms with E-state index in [0.29, 0.717) is 5.56 Å². The zero-order valence-corrected chi connectivity index (χ0v) is 10.4. The Morgan fingerprint density at radius 2 is 2.41 bits per heavy atom. The first-order valence-corrected chi connectivity index (χ1v) is 6.45. The first kappa shape index (κ1) is 10.5. The molecule has 0 spiro atoms. The molecule has 1 aliphatic heterocycles. The van der Waals surface area contributed by atoms with Crippen LogP contribution in [-0.4, -0.2) is 27.1 Å². The summed E-state index contributed by atoms with van der Waals surface area (Å²) in [7, 11) is 1.82. The summed E-state index contributed by atoms with van der Waals surface area (Å²) in [5.41, 5.74) is 1.96. The van der Waals surface area contributed by atoms with E-state index in [4.69, 9.17) is 0 Å². The summed E-state index contributed by atoms with van der Waals surface area (Å²) in [5, 5.41) is 6.14. The monoisotopic (exact) mass is 247 g/mol. The Balaban J connectivity index is 1.81. The van der Waals surface area contributed by atoms with Gasteiger partial charge in [-0.05, 0) is 23.4 Å². The van der Waals surface area contributed by atoms with E-state index in [1.807, 2.05) is 11.9 Å². The first-order chi connectivity index (χ1) is 8.24. The minimum atomic E-state index is 0.0787. The fourth-order valence-corrected chi connectivity index (χ4v) is 3.03. The summed E-state index contributed by atoms with van der Waals surface area (Å²) >= 11 is 1.78. The highest BCUT2D eigenvalue weighted by Gasteiger charge is 2.23. The summed E-state index contributed by atoms with van der Waals surface area (Å²) in [5.74, 6) is 0.0787. The minimum absolute atomic E-state index is 0.0787. The summed E-state index contributed by atoms with van der Waals surface area (Å²) in [6.45, 7) is 1.54. The zero-order chi connectivity index (χ0) is 11.8. The number of fused-ring (bicyclic) bond motifs is 1. The van der Waals surface area contributed by atoms with Crippen LogP contribution in [0.15, 0.2) is 23.8 Å². The van der Waals surface area contributed by atoms with E-state index in [1.165, 1.54) is 10.4 Å². The highest BCUT2D eigenvalue weighted by atomic mass is 32.1. The molecule has 0 fully saturated rings. The summed E-state index contributed by atoms with van der Waals surface area (Å²) in [4.78, 5) is 15.5. The van der Waals surface area contributed by atoms with E-state index in [0.717, 1.165) is 19.5 Å². The van der Waals surface area contributed by atoms with Crippen LogP contribution in [0.3, 0.4) is 0 Å². The maximum Gasteiger partial charge on any atom is 0.257 e. The molecule has 0 N–H and O–H groups in total. The Morgan fingerprint density at radius 3 is 3.18 bits per heavy atom. The van der Waals surface area contributed by atoms with Crippen LogP contribution < -0.4 is 0 Å². The molecule has 3 heterocycles. The molecule has 0 saturated heterocycles. The molecule has 5 heteroatoms. The number of carbonyl (C=O) groups is 1. The highest BCUT2D eigenvalue weighted by Crippen LogP contribution is 2.24. The number of hydrogen-bond donors (Lipinski definition) is 0. The molecular weight excluding hydrogens is 234 g/mol. The second-order valence-electron chi connectivity index (χ2n) is 4.25. The second kappa shape index (κ2) is 4.00. The third-order valence-corrected chi connectivity index (χ3v) is 4.07. The minimum Gasteiger partial charge on any atom is -0.334 e. The molecule has 1 aliphatic rings. The lowest BCUT2D eigenvalue weighted by molar-refractivity contribution is 0.0736. The van der Waals surface area contributed by atoms with Crippen LogP contribution in [-0.2, 0) is 20.0 Å². The molecule has 0 aliphatic carbocycles. The van der Waals surface area contributed by atoms with Gasteiger partial charge >= 0.3 is 0 Å². The third kappa shape index (κ3) is 1.86. The van der Waals surface area contributed by atoms with Gasteiger partial charge in [0.25, 0.3) is 5.91 Å². The highest BCUT2D eigenvalue weighted by molar-refractivity contribution is 7.10. The van der Waals surface area contributed by atoms with Gasteiger partial charge in [-0.1, -0.05) is 0 Å². The van der Waals surface area contributed by atoms with Crippen LogP contribution in [0.5, 0.6) is 0 Å². The molecule has 0 radical (unpaired) electrons. The molecule has 2 aromatic rings. The predicted octanol–water partition coefficient (Wildman–Crippen LogP) is 1.68. The van der Waals surface area contributed by atoms with Crippen molar-refractivity contribution in [1.29, 1.82) is 0 Å². The SMILES string of the molecule is Cn1cc(C(=O)N2CCc3sccc3C2)cn1. The maximum atomic E-state index is 12.2. The number of thiophene rings is 1. The van der Waals surface area contributed by atoms with Gasteiger partial charge in [0.15, 0.2) is 0 Å². The van der Waals surface area contributed by atoms with Crippen LogP contribution in [0.2, 0.25) is 0 Å². The normalized spacial score (nSPS) is 14.8.